The summed E-state index contributed by atoms with van der Waals surface area (Å²) in [6.07, 6.45) is 0.412. The van der Waals surface area contributed by atoms with Crippen LogP contribution in [-0.2, 0) is 14.6 Å². The summed E-state index contributed by atoms with van der Waals surface area (Å²) in [5.41, 5.74) is 1.82. The Morgan fingerprint density at radius 3 is 2.40 bits per heavy atom. The first kappa shape index (κ1) is 17.7. The highest BCUT2D eigenvalue weighted by Gasteiger charge is 2.36. The number of hydrogen-bond donors (Lipinski definition) is 1. The van der Waals surface area contributed by atoms with Crippen molar-refractivity contribution in [2.45, 2.75) is 13.3 Å². The van der Waals surface area contributed by atoms with E-state index in [1.54, 1.807) is 9.80 Å². The van der Waals surface area contributed by atoms with Gasteiger partial charge < -0.3 is 15.1 Å². The zero-order chi connectivity index (χ0) is 18.0. The Morgan fingerprint density at radius 1 is 1.12 bits per heavy atom. The van der Waals surface area contributed by atoms with Crippen molar-refractivity contribution in [1.29, 1.82) is 0 Å². The number of nitrogens with zero attached hydrogens (tertiary/aromatic N) is 2. The largest absolute Gasteiger partial charge is 0.339 e. The van der Waals surface area contributed by atoms with Gasteiger partial charge in [0.2, 0.25) is 5.91 Å². The molecular weight excluding hydrogens is 342 g/mol. The number of hydrogen-bond acceptors (Lipinski definition) is 4. The van der Waals surface area contributed by atoms with Crippen molar-refractivity contribution >= 4 is 27.5 Å². The molecule has 136 valence electrons. The van der Waals surface area contributed by atoms with Crippen molar-refractivity contribution < 1.29 is 18.0 Å². The Balaban J connectivity index is 1.51. The topological polar surface area (TPSA) is 86.8 Å². The van der Waals surface area contributed by atoms with Crippen LogP contribution in [0.1, 0.15) is 12.0 Å². The first-order valence-corrected chi connectivity index (χ1v) is 10.3. The molecule has 2 fully saturated rings. The predicted molar refractivity (Wildman–Crippen MR) is 95.1 cm³/mol. The Kier molecular flexibility index (Phi) is 4.99. The number of amides is 3. The third-order valence-electron chi connectivity index (χ3n) is 4.73. The second kappa shape index (κ2) is 7.03. The summed E-state index contributed by atoms with van der Waals surface area (Å²) >= 11 is 0. The third kappa shape index (κ3) is 4.31. The molecule has 0 aliphatic carbocycles. The van der Waals surface area contributed by atoms with E-state index in [9.17, 15) is 18.0 Å². The number of piperazine rings is 1. The van der Waals surface area contributed by atoms with E-state index in [1.165, 1.54) is 0 Å². The average molecular weight is 365 g/mol. The van der Waals surface area contributed by atoms with Gasteiger partial charge in [0.25, 0.3) is 0 Å². The number of nitrogens with one attached hydrogen (secondary N) is 1. The van der Waals surface area contributed by atoms with Gasteiger partial charge in [0.05, 0.1) is 17.4 Å². The monoisotopic (exact) mass is 365 g/mol. The molecule has 2 aliphatic heterocycles. The number of anilines is 1. The summed E-state index contributed by atoms with van der Waals surface area (Å²) in [6.45, 7) is 3.74. The average Bonchev–Trinajstić information content (AvgIpc) is 2.94. The van der Waals surface area contributed by atoms with Crippen LogP contribution in [0.25, 0.3) is 0 Å². The van der Waals surface area contributed by atoms with Gasteiger partial charge in [-0.3, -0.25) is 4.79 Å². The Morgan fingerprint density at radius 2 is 1.80 bits per heavy atom. The number of benzene rings is 1. The van der Waals surface area contributed by atoms with Crippen LogP contribution in [-0.4, -0.2) is 67.8 Å². The maximum absolute atomic E-state index is 12.4. The van der Waals surface area contributed by atoms with Crippen molar-refractivity contribution in [1.82, 2.24) is 9.80 Å². The summed E-state index contributed by atoms with van der Waals surface area (Å²) in [5.74, 6) is -0.459. The van der Waals surface area contributed by atoms with E-state index in [2.05, 4.69) is 5.32 Å². The van der Waals surface area contributed by atoms with E-state index in [-0.39, 0.29) is 23.4 Å². The fraction of sp³-hybridized carbons (Fsp3) is 0.529. The van der Waals surface area contributed by atoms with Gasteiger partial charge in [-0.15, -0.1) is 0 Å². The summed E-state index contributed by atoms with van der Waals surface area (Å²) in [6, 6.07) is 7.41. The summed E-state index contributed by atoms with van der Waals surface area (Å²) in [4.78, 5) is 28.1. The quantitative estimate of drug-likeness (QED) is 0.850. The number of carbonyl (C=O) groups is 2. The van der Waals surface area contributed by atoms with Gasteiger partial charge in [-0.1, -0.05) is 12.1 Å². The van der Waals surface area contributed by atoms with E-state index in [4.69, 9.17) is 0 Å². The summed E-state index contributed by atoms with van der Waals surface area (Å²) < 4.78 is 23.1. The van der Waals surface area contributed by atoms with Gasteiger partial charge >= 0.3 is 6.03 Å². The number of urea groups is 1. The lowest BCUT2D eigenvalue weighted by molar-refractivity contribution is -0.136. The lowest BCUT2D eigenvalue weighted by Gasteiger charge is -2.35. The molecule has 0 aromatic heterocycles. The lowest BCUT2D eigenvalue weighted by atomic mass is 10.1. The van der Waals surface area contributed by atoms with Gasteiger partial charge in [-0.2, -0.15) is 0 Å². The summed E-state index contributed by atoms with van der Waals surface area (Å²) in [5, 5.41) is 2.87. The minimum atomic E-state index is -3.06. The fourth-order valence-corrected chi connectivity index (χ4v) is 5.04. The summed E-state index contributed by atoms with van der Waals surface area (Å²) in [7, 11) is -3.06. The molecule has 1 atom stereocenters. The van der Waals surface area contributed by atoms with Crippen LogP contribution in [0.3, 0.4) is 0 Å². The van der Waals surface area contributed by atoms with Crippen molar-refractivity contribution in [3.05, 3.63) is 29.8 Å². The molecule has 25 heavy (non-hydrogen) atoms. The highest BCUT2D eigenvalue weighted by molar-refractivity contribution is 7.91. The molecule has 7 nitrogen and oxygen atoms in total. The van der Waals surface area contributed by atoms with Gasteiger partial charge in [-0.25, -0.2) is 13.2 Å². The van der Waals surface area contributed by atoms with E-state index < -0.39 is 15.8 Å². The second-order valence-corrected chi connectivity index (χ2v) is 8.94. The first-order valence-electron chi connectivity index (χ1n) is 8.46. The van der Waals surface area contributed by atoms with Gasteiger partial charge in [0.1, 0.15) is 0 Å². The lowest BCUT2D eigenvalue weighted by Crippen LogP contribution is -2.53. The van der Waals surface area contributed by atoms with Crippen LogP contribution in [0.2, 0.25) is 0 Å². The number of rotatable bonds is 2. The maximum atomic E-state index is 12.4. The van der Waals surface area contributed by atoms with Crippen molar-refractivity contribution in [3.63, 3.8) is 0 Å². The highest BCUT2D eigenvalue weighted by Crippen LogP contribution is 2.21. The van der Waals surface area contributed by atoms with Gasteiger partial charge in [0, 0.05) is 31.9 Å². The van der Waals surface area contributed by atoms with E-state index in [0.29, 0.717) is 32.6 Å². The molecule has 3 amide bonds. The van der Waals surface area contributed by atoms with Crippen molar-refractivity contribution in [2.24, 2.45) is 5.92 Å². The molecule has 2 aliphatic rings. The molecule has 8 heteroatoms. The van der Waals surface area contributed by atoms with Gasteiger partial charge in [0.15, 0.2) is 9.84 Å². The second-order valence-electron chi connectivity index (χ2n) is 6.71. The molecule has 2 saturated heterocycles. The number of carbonyl (C=O) groups excluding carboxylic acids is 2. The maximum Gasteiger partial charge on any atom is 0.321 e. The fourth-order valence-electron chi connectivity index (χ4n) is 3.30. The molecule has 1 aromatic carbocycles. The van der Waals surface area contributed by atoms with E-state index in [0.717, 1.165) is 11.3 Å². The van der Waals surface area contributed by atoms with Gasteiger partial charge in [-0.05, 0) is 31.0 Å². The SMILES string of the molecule is Cc1cccc(NC(=O)N2CCN(C(=O)[C@@H]3CCS(=O)(=O)C3)CC2)c1. The van der Waals surface area contributed by atoms with Crippen LogP contribution in [0, 0.1) is 12.8 Å². The van der Waals surface area contributed by atoms with Crippen molar-refractivity contribution in [3.8, 4) is 0 Å². The van der Waals surface area contributed by atoms with Crippen LogP contribution in [0.5, 0.6) is 0 Å². The number of sulfone groups is 1. The standard InChI is InChI=1S/C17H23N3O4S/c1-13-3-2-4-15(11-13)18-17(22)20-8-6-19(7-9-20)16(21)14-5-10-25(23,24)12-14/h2-4,11,14H,5-10,12H2,1H3,(H,18,22)/t14-/m1/s1. The van der Waals surface area contributed by atoms with Crippen molar-refractivity contribution in [2.75, 3.05) is 43.0 Å². The Labute approximate surface area is 147 Å². The molecule has 1 N–H and O–H groups in total. The molecule has 0 spiro atoms. The smallest absolute Gasteiger partial charge is 0.321 e. The Hall–Kier alpha value is -2.09. The zero-order valence-corrected chi connectivity index (χ0v) is 15.1. The van der Waals surface area contributed by atoms with E-state index >= 15 is 0 Å². The molecule has 3 rings (SSSR count). The molecule has 2 heterocycles. The third-order valence-corrected chi connectivity index (χ3v) is 6.50. The minimum Gasteiger partial charge on any atom is -0.339 e. The molecule has 0 unspecified atom stereocenters. The molecule has 0 saturated carbocycles. The van der Waals surface area contributed by atoms with Crippen LogP contribution in [0.15, 0.2) is 24.3 Å². The molecular formula is C17H23N3O4S. The molecule has 1 aromatic rings. The van der Waals surface area contributed by atoms with Crippen LogP contribution >= 0.6 is 0 Å². The first-order chi connectivity index (χ1) is 11.8. The number of aryl methyl sites for hydroxylation is 1. The van der Waals surface area contributed by atoms with Crippen LogP contribution < -0.4 is 5.32 Å². The minimum absolute atomic E-state index is 0.0418. The Bertz CT molecular complexity index is 770. The van der Waals surface area contributed by atoms with Crippen LogP contribution in [0.4, 0.5) is 10.5 Å². The normalized spacial score (nSPS) is 22.7. The zero-order valence-electron chi connectivity index (χ0n) is 14.3. The highest BCUT2D eigenvalue weighted by atomic mass is 32.2. The molecule has 0 bridgehead atoms. The molecule has 0 radical (unpaired) electrons. The predicted octanol–water partition coefficient (Wildman–Crippen LogP) is 1.11. The van der Waals surface area contributed by atoms with E-state index in [1.807, 2.05) is 31.2 Å².